The van der Waals surface area contributed by atoms with Gasteiger partial charge >= 0.3 is 29.6 Å². The van der Waals surface area contributed by atoms with Crippen molar-refractivity contribution in [3.63, 3.8) is 0 Å². The minimum atomic E-state index is -4.19. The van der Waals surface area contributed by atoms with E-state index in [9.17, 15) is 18.1 Å². The monoisotopic (exact) mass is 456 g/mol. The van der Waals surface area contributed by atoms with Crippen LogP contribution in [0.2, 0.25) is 0 Å². The first kappa shape index (κ1) is 33.0. The van der Waals surface area contributed by atoms with E-state index in [0.717, 1.165) is 51.4 Å². The minimum absolute atomic E-state index is 0. The molecule has 0 aromatic heterocycles. The summed E-state index contributed by atoms with van der Waals surface area (Å²) in [5.74, 6) is 0. The first-order valence-corrected chi connectivity index (χ1v) is 14.0. The van der Waals surface area contributed by atoms with Crippen molar-refractivity contribution in [2.24, 2.45) is 0 Å². The van der Waals surface area contributed by atoms with Crippen molar-refractivity contribution in [3.05, 3.63) is 0 Å². The van der Waals surface area contributed by atoms with E-state index in [4.69, 9.17) is 0 Å². The molecule has 0 aromatic rings. The summed E-state index contributed by atoms with van der Waals surface area (Å²) in [4.78, 5) is 0. The Hall–Kier alpha value is 0.870. The molecule has 0 heterocycles. The largest absolute Gasteiger partial charge is 1.00 e. The molecule has 30 heavy (non-hydrogen) atoms. The van der Waals surface area contributed by atoms with Crippen LogP contribution in [-0.2, 0) is 10.1 Å². The Balaban J connectivity index is 0. The van der Waals surface area contributed by atoms with Crippen molar-refractivity contribution in [2.45, 2.75) is 154 Å². The molecule has 0 aliphatic rings. The summed E-state index contributed by atoms with van der Waals surface area (Å²) in [7, 11) is -4.19. The van der Waals surface area contributed by atoms with Crippen LogP contribution in [0.1, 0.15) is 142 Å². The number of aliphatic hydroxyl groups excluding tert-OH is 1. The van der Waals surface area contributed by atoms with Crippen molar-refractivity contribution in [3.8, 4) is 0 Å². The molecule has 0 fully saturated rings. The molecular weight excluding hydrogens is 407 g/mol. The Morgan fingerprint density at radius 1 is 0.633 bits per heavy atom. The van der Waals surface area contributed by atoms with E-state index in [0.29, 0.717) is 12.8 Å². The molecule has 2 unspecified atom stereocenters. The number of rotatable bonds is 22. The fraction of sp³-hybridized carbons (Fsp3) is 1.00. The second-order valence-electron chi connectivity index (χ2n) is 8.85. The average Bonchev–Trinajstić information content (AvgIpc) is 2.68. The Morgan fingerprint density at radius 2 is 0.967 bits per heavy atom. The van der Waals surface area contributed by atoms with Crippen molar-refractivity contribution in [1.82, 2.24) is 0 Å². The first-order valence-electron chi connectivity index (χ1n) is 12.5. The van der Waals surface area contributed by atoms with E-state index in [2.05, 4.69) is 6.92 Å². The van der Waals surface area contributed by atoms with Gasteiger partial charge in [-0.25, -0.2) is 8.42 Å². The van der Waals surface area contributed by atoms with Gasteiger partial charge in [0, 0.05) is 5.25 Å². The molecule has 0 rings (SSSR count). The summed E-state index contributed by atoms with van der Waals surface area (Å²) in [5.41, 5.74) is 0. The Bertz CT molecular complexity index is 442. The van der Waals surface area contributed by atoms with Crippen LogP contribution >= 0.6 is 0 Å². The maximum Gasteiger partial charge on any atom is 1.00 e. The van der Waals surface area contributed by atoms with Gasteiger partial charge in [0.1, 0.15) is 0 Å². The Kier molecular flexibility index (Phi) is 25.4. The summed E-state index contributed by atoms with van der Waals surface area (Å²) in [6, 6.07) is 0. The van der Waals surface area contributed by atoms with Crippen LogP contribution in [0.3, 0.4) is 0 Å². The molecule has 0 saturated heterocycles. The molecule has 0 saturated carbocycles. The zero-order chi connectivity index (χ0) is 21.8. The molecule has 4 nitrogen and oxygen atoms in total. The number of hydrogen-bond donors (Lipinski definition) is 1. The van der Waals surface area contributed by atoms with E-state index < -0.39 is 15.4 Å². The third-order valence-electron chi connectivity index (χ3n) is 6.07. The van der Waals surface area contributed by atoms with Crippen LogP contribution in [0.5, 0.6) is 0 Å². The summed E-state index contributed by atoms with van der Waals surface area (Å²) in [5, 5.41) is 8.82. The predicted octanol–water partition coefficient (Wildman–Crippen LogP) is 4.11. The van der Waals surface area contributed by atoms with Gasteiger partial charge in [0.25, 0.3) is 0 Å². The summed E-state index contributed by atoms with van der Waals surface area (Å²) in [6.07, 6.45) is 21.2. The van der Waals surface area contributed by atoms with Gasteiger partial charge < -0.3 is 9.66 Å². The summed E-state index contributed by atoms with van der Waals surface area (Å²) < 4.78 is 34.5. The zero-order valence-electron chi connectivity index (χ0n) is 20.4. The SMILES string of the molecule is CCCCCCCCCCCCCCCC(CCCCCC(O)CC)S(=O)(=O)[O-].[Na+]. The zero-order valence-corrected chi connectivity index (χ0v) is 23.2. The molecule has 0 bridgehead atoms. The van der Waals surface area contributed by atoms with Gasteiger partial charge in [0.15, 0.2) is 0 Å². The van der Waals surface area contributed by atoms with Crippen molar-refractivity contribution in [1.29, 1.82) is 0 Å². The quantitative estimate of drug-likeness (QED) is 0.151. The van der Waals surface area contributed by atoms with Crippen LogP contribution in [0, 0.1) is 0 Å². The second-order valence-corrected chi connectivity index (χ2v) is 10.5. The van der Waals surface area contributed by atoms with Crippen molar-refractivity contribution < 1.29 is 47.6 Å². The Morgan fingerprint density at radius 3 is 1.33 bits per heavy atom. The predicted molar refractivity (Wildman–Crippen MR) is 123 cm³/mol. The topological polar surface area (TPSA) is 77.4 Å². The average molecular weight is 457 g/mol. The summed E-state index contributed by atoms with van der Waals surface area (Å²) in [6.45, 7) is 4.21. The van der Waals surface area contributed by atoms with E-state index in [1.807, 2.05) is 6.92 Å². The van der Waals surface area contributed by atoms with Gasteiger partial charge in [-0.05, 0) is 25.7 Å². The van der Waals surface area contributed by atoms with Crippen LogP contribution < -0.4 is 29.6 Å². The minimum Gasteiger partial charge on any atom is -0.748 e. The van der Waals surface area contributed by atoms with Gasteiger partial charge in [-0.3, -0.25) is 0 Å². The van der Waals surface area contributed by atoms with Crippen molar-refractivity contribution >= 4 is 10.1 Å². The van der Waals surface area contributed by atoms with Crippen LogP contribution in [0.25, 0.3) is 0 Å². The molecular formula is C24H49NaO4S. The van der Waals surface area contributed by atoms with Gasteiger partial charge in [0.05, 0.1) is 16.2 Å². The third-order valence-corrected chi connectivity index (χ3v) is 7.36. The third kappa shape index (κ3) is 22.1. The molecule has 6 heteroatoms. The fourth-order valence-corrected chi connectivity index (χ4v) is 4.87. The molecule has 0 aromatic carbocycles. The molecule has 0 amide bonds. The van der Waals surface area contributed by atoms with E-state index in [1.54, 1.807) is 0 Å². The molecule has 0 aliphatic heterocycles. The molecule has 2 atom stereocenters. The molecule has 1 N–H and O–H groups in total. The van der Waals surface area contributed by atoms with Crippen LogP contribution in [0.4, 0.5) is 0 Å². The van der Waals surface area contributed by atoms with Gasteiger partial charge in [0.2, 0.25) is 0 Å². The van der Waals surface area contributed by atoms with Crippen molar-refractivity contribution in [2.75, 3.05) is 0 Å². The fourth-order valence-electron chi connectivity index (χ4n) is 3.96. The number of unbranched alkanes of at least 4 members (excludes halogenated alkanes) is 14. The second kappa shape index (κ2) is 23.0. The Labute approximate surface area is 210 Å². The van der Waals surface area contributed by atoms with E-state index >= 15 is 0 Å². The van der Waals surface area contributed by atoms with E-state index in [1.165, 1.54) is 64.2 Å². The first-order chi connectivity index (χ1) is 13.9. The normalized spacial score (nSPS) is 13.7. The maximum atomic E-state index is 11.5. The van der Waals surface area contributed by atoms with Crippen LogP contribution in [-0.4, -0.2) is 29.4 Å². The molecule has 0 radical (unpaired) electrons. The maximum absolute atomic E-state index is 11.5. The van der Waals surface area contributed by atoms with Gasteiger partial charge in [-0.2, -0.15) is 0 Å². The summed E-state index contributed by atoms with van der Waals surface area (Å²) >= 11 is 0. The standard InChI is InChI=1S/C24H50O4S.Na/c1-3-5-6-7-8-9-10-11-12-13-14-15-18-21-24(29(26,27)28)22-19-16-17-20-23(25)4-2;/h23-25H,3-22H2,1-2H3,(H,26,27,28);/q;+1/p-1. The molecule has 0 aliphatic carbocycles. The smallest absolute Gasteiger partial charge is 0.748 e. The number of aliphatic hydroxyl groups is 1. The van der Waals surface area contributed by atoms with Gasteiger partial charge in [-0.15, -0.1) is 0 Å². The molecule has 0 spiro atoms. The molecule has 176 valence electrons. The van der Waals surface area contributed by atoms with E-state index in [-0.39, 0.29) is 35.7 Å². The van der Waals surface area contributed by atoms with Crippen LogP contribution in [0.15, 0.2) is 0 Å². The van der Waals surface area contributed by atoms with Gasteiger partial charge in [-0.1, -0.05) is 117 Å². The number of hydrogen-bond acceptors (Lipinski definition) is 4.